The van der Waals surface area contributed by atoms with Crippen molar-refractivity contribution in [2.24, 2.45) is 5.41 Å². The molecule has 1 amide bonds. The number of ether oxygens (including phenoxy) is 4. The number of carbonyl (C=O) groups excluding carboxylic acids is 2. The number of benzene rings is 3. The van der Waals surface area contributed by atoms with Crippen LogP contribution in [0.1, 0.15) is 36.0 Å². The zero-order valence-corrected chi connectivity index (χ0v) is 26.6. The molecule has 0 bridgehead atoms. The lowest BCUT2D eigenvalue weighted by molar-refractivity contribution is -0.153. The van der Waals surface area contributed by atoms with E-state index in [0.29, 0.717) is 44.3 Å². The van der Waals surface area contributed by atoms with E-state index in [1.54, 1.807) is 42.5 Å². The maximum atomic E-state index is 14.1. The normalized spacial score (nSPS) is 15.4. The third-order valence-electron chi connectivity index (χ3n) is 8.67. The van der Waals surface area contributed by atoms with Crippen molar-refractivity contribution in [3.8, 4) is 23.1 Å². The average molecular weight is 648 g/mol. The van der Waals surface area contributed by atoms with Crippen LogP contribution >= 0.6 is 11.6 Å². The standard InChI is InChI=1S/C35H35ClFN3O6/c1-22-3-6-29(37)24(13-22)15-25(41)14-23-4-5-26(16-28(23)36)46-34-27-17-31(43-2)32(18-30(27)38-21-39-34)45-12-7-33(42)40-10-8-35(9-11-40)19-44-20-35/h3-6,13,16-18,21H,7-12,14-15,19-20H2,1-2H3. The minimum Gasteiger partial charge on any atom is -0.493 e. The van der Waals surface area contributed by atoms with Gasteiger partial charge in [-0.25, -0.2) is 14.4 Å². The average Bonchev–Trinajstić information content (AvgIpc) is 3.03. The van der Waals surface area contributed by atoms with Crippen LogP contribution in [0.25, 0.3) is 10.9 Å². The summed E-state index contributed by atoms with van der Waals surface area (Å²) in [6.45, 7) is 5.17. The Morgan fingerprint density at radius 1 is 1.00 bits per heavy atom. The first-order valence-electron chi connectivity index (χ1n) is 15.3. The molecular formula is C35H35ClFN3O6. The molecule has 4 aromatic rings. The highest BCUT2D eigenvalue weighted by Crippen LogP contribution is 2.39. The van der Waals surface area contributed by atoms with E-state index in [2.05, 4.69) is 9.97 Å². The van der Waals surface area contributed by atoms with Gasteiger partial charge in [-0.3, -0.25) is 9.59 Å². The van der Waals surface area contributed by atoms with Gasteiger partial charge >= 0.3 is 0 Å². The van der Waals surface area contributed by atoms with E-state index in [4.69, 9.17) is 30.5 Å². The number of halogens is 2. The Kier molecular flexibility index (Phi) is 9.37. The summed E-state index contributed by atoms with van der Waals surface area (Å²) in [6, 6.07) is 13.2. The summed E-state index contributed by atoms with van der Waals surface area (Å²) in [4.78, 5) is 36.1. The Bertz CT molecular complexity index is 1770. The molecule has 3 heterocycles. The molecule has 0 saturated carbocycles. The molecule has 9 nitrogen and oxygen atoms in total. The van der Waals surface area contributed by atoms with Crippen LogP contribution in [-0.2, 0) is 27.2 Å². The molecule has 1 aromatic heterocycles. The second-order valence-corrected chi connectivity index (χ2v) is 12.4. The first-order valence-corrected chi connectivity index (χ1v) is 15.6. The van der Waals surface area contributed by atoms with Gasteiger partial charge in [0, 0.05) is 42.4 Å². The van der Waals surface area contributed by atoms with Crippen molar-refractivity contribution in [2.75, 3.05) is 40.0 Å². The third-order valence-corrected chi connectivity index (χ3v) is 9.02. The summed E-state index contributed by atoms with van der Waals surface area (Å²) in [6.07, 6.45) is 3.64. The van der Waals surface area contributed by atoms with Crippen LogP contribution in [-0.4, -0.2) is 66.6 Å². The summed E-state index contributed by atoms with van der Waals surface area (Å²) >= 11 is 6.52. The van der Waals surface area contributed by atoms with Gasteiger partial charge in [-0.05, 0) is 55.2 Å². The van der Waals surface area contributed by atoms with Gasteiger partial charge < -0.3 is 23.8 Å². The van der Waals surface area contributed by atoms with Gasteiger partial charge in [0.25, 0.3) is 0 Å². The van der Waals surface area contributed by atoms with Crippen molar-refractivity contribution >= 4 is 34.2 Å². The van der Waals surface area contributed by atoms with Crippen LogP contribution in [0.15, 0.2) is 54.9 Å². The van der Waals surface area contributed by atoms with Crippen LogP contribution < -0.4 is 14.2 Å². The fraction of sp³-hybridized carbons (Fsp3) is 0.371. The summed E-state index contributed by atoms with van der Waals surface area (Å²) in [5, 5.41) is 0.929. The smallest absolute Gasteiger partial charge is 0.230 e. The van der Waals surface area contributed by atoms with Crippen molar-refractivity contribution in [1.82, 2.24) is 14.9 Å². The van der Waals surface area contributed by atoms with Gasteiger partial charge in [-0.1, -0.05) is 35.4 Å². The number of nitrogens with zero attached hydrogens (tertiary/aromatic N) is 3. The molecule has 0 radical (unpaired) electrons. The predicted octanol–water partition coefficient (Wildman–Crippen LogP) is 6.29. The number of piperidine rings is 1. The second-order valence-electron chi connectivity index (χ2n) is 12.0. The van der Waals surface area contributed by atoms with E-state index in [-0.39, 0.29) is 48.9 Å². The van der Waals surface area contributed by atoms with Crippen LogP contribution in [0.4, 0.5) is 4.39 Å². The molecule has 2 aliphatic rings. The van der Waals surface area contributed by atoms with Crippen LogP contribution in [0, 0.1) is 18.2 Å². The first kappa shape index (κ1) is 31.7. The Balaban J connectivity index is 1.09. The maximum Gasteiger partial charge on any atom is 0.230 e. The molecule has 1 spiro atoms. The largest absolute Gasteiger partial charge is 0.493 e. The number of aromatic nitrogens is 2. The second kappa shape index (κ2) is 13.6. The monoisotopic (exact) mass is 647 g/mol. The van der Waals surface area contributed by atoms with Gasteiger partial charge in [0.1, 0.15) is 23.7 Å². The van der Waals surface area contributed by atoms with Gasteiger partial charge in [0.15, 0.2) is 11.5 Å². The van der Waals surface area contributed by atoms with Crippen LogP contribution in [0.5, 0.6) is 23.1 Å². The Labute approximate surface area is 271 Å². The first-order chi connectivity index (χ1) is 22.2. The molecule has 2 fully saturated rings. The fourth-order valence-corrected chi connectivity index (χ4v) is 6.12. The SMILES string of the molecule is COc1cc2c(Oc3ccc(CC(=O)Cc4cc(C)ccc4F)c(Cl)c3)ncnc2cc1OCCC(=O)N1CCC2(CC1)COC2. The van der Waals surface area contributed by atoms with Gasteiger partial charge in [0.2, 0.25) is 11.8 Å². The number of ketones is 1. The highest BCUT2D eigenvalue weighted by atomic mass is 35.5. The van der Waals surface area contributed by atoms with Crippen molar-refractivity contribution in [3.05, 3.63) is 82.4 Å². The van der Waals surface area contributed by atoms with Crippen LogP contribution in [0.3, 0.4) is 0 Å². The summed E-state index contributed by atoms with van der Waals surface area (Å²) in [7, 11) is 1.53. The topological polar surface area (TPSA) is 100 Å². The summed E-state index contributed by atoms with van der Waals surface area (Å²) in [5.41, 5.74) is 2.70. The maximum absolute atomic E-state index is 14.1. The van der Waals surface area contributed by atoms with E-state index in [0.717, 1.165) is 44.7 Å². The molecule has 3 aromatic carbocycles. The van der Waals surface area contributed by atoms with Crippen molar-refractivity contribution in [3.63, 3.8) is 0 Å². The van der Waals surface area contributed by atoms with E-state index in [9.17, 15) is 14.0 Å². The molecule has 0 atom stereocenters. The molecule has 240 valence electrons. The van der Waals surface area contributed by atoms with Crippen molar-refractivity contribution in [2.45, 2.75) is 39.0 Å². The molecule has 0 N–H and O–H groups in total. The lowest BCUT2D eigenvalue weighted by Crippen LogP contribution is -2.52. The number of amides is 1. The number of methoxy groups -OCH3 is 1. The Morgan fingerprint density at radius 2 is 1.78 bits per heavy atom. The Morgan fingerprint density at radius 3 is 2.50 bits per heavy atom. The van der Waals surface area contributed by atoms with Crippen LogP contribution in [0.2, 0.25) is 5.02 Å². The molecule has 11 heteroatoms. The molecule has 0 unspecified atom stereocenters. The lowest BCUT2D eigenvalue weighted by Gasteiger charge is -2.47. The number of carbonyl (C=O) groups is 2. The number of rotatable bonds is 11. The highest BCUT2D eigenvalue weighted by molar-refractivity contribution is 6.31. The van der Waals surface area contributed by atoms with E-state index >= 15 is 0 Å². The minimum absolute atomic E-state index is 0.0198. The van der Waals surface area contributed by atoms with E-state index < -0.39 is 5.82 Å². The highest BCUT2D eigenvalue weighted by Gasteiger charge is 2.41. The number of Topliss-reactive ketones (excluding diaryl/α,β-unsaturated/α-hetero) is 1. The number of fused-ring (bicyclic) bond motifs is 1. The number of hydrogen-bond donors (Lipinski definition) is 0. The van der Waals surface area contributed by atoms with E-state index in [1.165, 1.54) is 19.5 Å². The molecule has 0 aliphatic carbocycles. The minimum atomic E-state index is -0.401. The molecular weight excluding hydrogens is 613 g/mol. The summed E-state index contributed by atoms with van der Waals surface area (Å²) in [5.74, 6) is 1.11. The van der Waals surface area contributed by atoms with Crippen molar-refractivity contribution in [1.29, 1.82) is 0 Å². The molecule has 2 saturated heterocycles. The number of likely N-dealkylation sites (tertiary alicyclic amines) is 1. The zero-order chi connectivity index (χ0) is 32.3. The molecule has 2 aliphatic heterocycles. The van der Waals surface area contributed by atoms with E-state index in [1.807, 2.05) is 11.8 Å². The lowest BCUT2D eigenvalue weighted by atomic mass is 9.77. The quantitative estimate of drug-likeness (QED) is 0.187. The number of aryl methyl sites for hydroxylation is 1. The molecule has 6 rings (SSSR count). The van der Waals surface area contributed by atoms with Gasteiger partial charge in [-0.15, -0.1) is 0 Å². The van der Waals surface area contributed by atoms with Gasteiger partial charge in [-0.2, -0.15) is 0 Å². The van der Waals surface area contributed by atoms with Gasteiger partial charge in [0.05, 0.1) is 44.3 Å². The molecule has 46 heavy (non-hydrogen) atoms. The van der Waals surface area contributed by atoms with Crippen molar-refractivity contribution < 1.29 is 32.9 Å². The predicted molar refractivity (Wildman–Crippen MR) is 170 cm³/mol. The summed E-state index contributed by atoms with van der Waals surface area (Å²) < 4.78 is 37.2. The third kappa shape index (κ3) is 7.08. The number of hydrogen-bond acceptors (Lipinski definition) is 8. The zero-order valence-electron chi connectivity index (χ0n) is 25.8. The fourth-order valence-electron chi connectivity index (χ4n) is 5.88. The Hall–Kier alpha value is -4.28.